The maximum atomic E-state index is 11.3. The number of sulfonamides is 1. The summed E-state index contributed by atoms with van der Waals surface area (Å²) in [4.78, 5) is 0. The van der Waals surface area contributed by atoms with Gasteiger partial charge in [0.1, 0.15) is 5.75 Å². The van der Waals surface area contributed by atoms with E-state index in [2.05, 4.69) is 6.58 Å². The predicted molar refractivity (Wildman–Crippen MR) is 60.5 cm³/mol. The molecule has 0 heterocycles. The first kappa shape index (κ1) is 11.6. The largest absolute Gasteiger partial charge is 0.497 e. The molecule has 4 nitrogen and oxygen atoms in total. The molecule has 1 aromatic carbocycles. The van der Waals surface area contributed by atoms with Crippen molar-refractivity contribution < 1.29 is 13.2 Å². The summed E-state index contributed by atoms with van der Waals surface area (Å²) in [5.74, 6) is 0.677. The highest BCUT2D eigenvalue weighted by Crippen LogP contribution is 2.21. The molecule has 0 spiro atoms. The zero-order valence-corrected chi connectivity index (χ0v) is 9.49. The minimum absolute atomic E-state index is 0.535. The fourth-order valence-electron chi connectivity index (χ4n) is 1.16. The molecule has 0 aliphatic heterocycles. The molecule has 5 heteroatoms. The van der Waals surface area contributed by atoms with Crippen molar-refractivity contribution in [1.29, 1.82) is 0 Å². The zero-order valence-electron chi connectivity index (χ0n) is 8.67. The van der Waals surface area contributed by atoms with Crippen molar-refractivity contribution in [3.8, 4) is 5.75 Å². The number of benzene rings is 1. The fourth-order valence-corrected chi connectivity index (χ4v) is 1.94. The maximum Gasteiger partial charge on any atom is 0.236 e. The van der Waals surface area contributed by atoms with Gasteiger partial charge in [0.15, 0.2) is 0 Å². The van der Waals surface area contributed by atoms with Crippen LogP contribution < -0.4 is 9.04 Å². The summed E-state index contributed by atoms with van der Waals surface area (Å²) in [6.45, 7) is 3.46. The van der Waals surface area contributed by atoms with Crippen LogP contribution in [0.4, 0.5) is 5.69 Å². The molecule has 0 aliphatic rings. The molecule has 1 rings (SSSR count). The molecule has 0 N–H and O–H groups in total. The van der Waals surface area contributed by atoms with Crippen molar-refractivity contribution in [3.63, 3.8) is 0 Å². The molecule has 15 heavy (non-hydrogen) atoms. The predicted octanol–water partition coefficient (Wildman–Crippen LogP) is 1.60. The number of nitrogens with zero attached hydrogens (tertiary/aromatic N) is 1. The van der Waals surface area contributed by atoms with E-state index in [1.54, 1.807) is 31.4 Å². The van der Waals surface area contributed by atoms with Crippen LogP contribution >= 0.6 is 0 Å². The van der Waals surface area contributed by atoms with Crippen LogP contribution in [-0.2, 0) is 10.0 Å². The summed E-state index contributed by atoms with van der Waals surface area (Å²) in [7, 11) is -1.76. The zero-order chi connectivity index (χ0) is 11.5. The average Bonchev–Trinajstić information content (AvgIpc) is 2.18. The van der Waals surface area contributed by atoms with E-state index in [1.165, 1.54) is 6.20 Å². The Morgan fingerprint density at radius 2 is 1.87 bits per heavy atom. The highest BCUT2D eigenvalue weighted by atomic mass is 32.2. The van der Waals surface area contributed by atoms with Gasteiger partial charge in [0.05, 0.1) is 19.1 Å². The number of hydrogen-bond acceptors (Lipinski definition) is 3. The van der Waals surface area contributed by atoms with Crippen LogP contribution in [0.2, 0.25) is 0 Å². The Hall–Kier alpha value is -1.49. The molecule has 1 aromatic rings. The molecule has 0 unspecified atom stereocenters. The highest BCUT2D eigenvalue weighted by molar-refractivity contribution is 7.92. The Labute approximate surface area is 89.8 Å². The van der Waals surface area contributed by atoms with Gasteiger partial charge in [0, 0.05) is 6.20 Å². The quantitative estimate of drug-likeness (QED) is 0.785. The Morgan fingerprint density at radius 1 is 1.33 bits per heavy atom. The van der Waals surface area contributed by atoms with Gasteiger partial charge in [-0.1, -0.05) is 6.58 Å². The number of methoxy groups -OCH3 is 1. The smallest absolute Gasteiger partial charge is 0.236 e. The van der Waals surface area contributed by atoms with Crippen molar-refractivity contribution >= 4 is 15.7 Å². The monoisotopic (exact) mass is 227 g/mol. The van der Waals surface area contributed by atoms with Gasteiger partial charge < -0.3 is 4.74 Å². The Bertz CT molecular complexity index is 436. The van der Waals surface area contributed by atoms with Crippen molar-refractivity contribution in [1.82, 2.24) is 0 Å². The van der Waals surface area contributed by atoms with Gasteiger partial charge in [0.25, 0.3) is 0 Å². The van der Waals surface area contributed by atoms with E-state index in [-0.39, 0.29) is 0 Å². The lowest BCUT2D eigenvalue weighted by Gasteiger charge is -2.17. The van der Waals surface area contributed by atoms with E-state index in [9.17, 15) is 8.42 Å². The van der Waals surface area contributed by atoms with Gasteiger partial charge in [0.2, 0.25) is 10.0 Å². The van der Waals surface area contributed by atoms with Gasteiger partial charge in [-0.25, -0.2) is 12.7 Å². The second-order valence-corrected chi connectivity index (χ2v) is 4.80. The van der Waals surface area contributed by atoms with Gasteiger partial charge in [-0.2, -0.15) is 0 Å². The van der Waals surface area contributed by atoms with Crippen LogP contribution in [0.25, 0.3) is 0 Å². The Morgan fingerprint density at radius 3 is 2.20 bits per heavy atom. The first-order chi connectivity index (χ1) is 6.99. The van der Waals surface area contributed by atoms with Crippen molar-refractivity contribution in [2.24, 2.45) is 0 Å². The lowest BCUT2D eigenvalue weighted by Crippen LogP contribution is -2.23. The Kier molecular flexibility index (Phi) is 3.36. The summed E-state index contributed by atoms with van der Waals surface area (Å²) in [5.41, 5.74) is 0.535. The van der Waals surface area contributed by atoms with Gasteiger partial charge >= 0.3 is 0 Å². The van der Waals surface area contributed by atoms with Gasteiger partial charge in [-0.3, -0.25) is 0 Å². The summed E-state index contributed by atoms with van der Waals surface area (Å²) in [6, 6.07) is 6.69. The molecule has 0 aromatic heterocycles. The first-order valence-corrected chi connectivity index (χ1v) is 6.10. The lowest BCUT2D eigenvalue weighted by atomic mass is 10.3. The molecule has 0 bridgehead atoms. The fraction of sp³-hybridized carbons (Fsp3) is 0.200. The van der Waals surface area contributed by atoms with E-state index in [0.717, 1.165) is 10.6 Å². The van der Waals surface area contributed by atoms with Crippen LogP contribution in [-0.4, -0.2) is 21.8 Å². The molecule has 0 saturated carbocycles. The second-order valence-electron chi connectivity index (χ2n) is 2.94. The normalized spacial score (nSPS) is 10.8. The number of ether oxygens (including phenoxy) is 1. The summed E-state index contributed by atoms with van der Waals surface area (Å²) >= 11 is 0. The summed E-state index contributed by atoms with van der Waals surface area (Å²) < 4.78 is 28.8. The van der Waals surface area contributed by atoms with Crippen LogP contribution in [0.5, 0.6) is 5.75 Å². The summed E-state index contributed by atoms with van der Waals surface area (Å²) in [5, 5.41) is 0. The van der Waals surface area contributed by atoms with E-state index in [1.807, 2.05) is 0 Å². The molecule has 0 saturated heterocycles. The van der Waals surface area contributed by atoms with Crippen molar-refractivity contribution in [3.05, 3.63) is 37.0 Å². The van der Waals surface area contributed by atoms with Crippen LogP contribution in [0.1, 0.15) is 0 Å². The molecular formula is C10H13NO3S. The van der Waals surface area contributed by atoms with Gasteiger partial charge in [-0.15, -0.1) is 0 Å². The third-order valence-electron chi connectivity index (χ3n) is 1.85. The molecule has 82 valence electrons. The lowest BCUT2D eigenvalue weighted by molar-refractivity contribution is 0.415. The second kappa shape index (κ2) is 4.35. The molecular weight excluding hydrogens is 214 g/mol. The minimum Gasteiger partial charge on any atom is -0.497 e. The minimum atomic E-state index is -3.31. The number of hydrogen-bond donors (Lipinski definition) is 0. The molecule has 0 atom stereocenters. The molecule has 0 fully saturated rings. The topological polar surface area (TPSA) is 46.6 Å². The van der Waals surface area contributed by atoms with Crippen LogP contribution in [0.15, 0.2) is 37.0 Å². The number of anilines is 1. The Balaban J connectivity index is 3.09. The van der Waals surface area contributed by atoms with Crippen molar-refractivity contribution in [2.45, 2.75) is 0 Å². The SMILES string of the molecule is C=CN(c1ccc(OC)cc1)S(C)(=O)=O. The first-order valence-electron chi connectivity index (χ1n) is 4.25. The molecule has 0 aliphatic carbocycles. The van der Waals surface area contributed by atoms with Crippen molar-refractivity contribution in [2.75, 3.05) is 17.7 Å². The molecule has 0 radical (unpaired) electrons. The molecule has 0 amide bonds. The standard InChI is InChI=1S/C10H13NO3S/c1-4-11(15(3,12)13)9-5-7-10(14-2)8-6-9/h4-8H,1H2,2-3H3. The van der Waals surface area contributed by atoms with E-state index in [4.69, 9.17) is 4.74 Å². The van der Waals surface area contributed by atoms with Crippen LogP contribution in [0, 0.1) is 0 Å². The third kappa shape index (κ3) is 2.73. The van der Waals surface area contributed by atoms with Gasteiger partial charge in [-0.05, 0) is 24.3 Å². The highest BCUT2D eigenvalue weighted by Gasteiger charge is 2.13. The third-order valence-corrected chi connectivity index (χ3v) is 2.92. The number of rotatable bonds is 4. The summed E-state index contributed by atoms with van der Waals surface area (Å²) in [6.07, 6.45) is 2.38. The maximum absolute atomic E-state index is 11.3. The van der Waals surface area contributed by atoms with Crippen LogP contribution in [0.3, 0.4) is 0 Å². The van der Waals surface area contributed by atoms with E-state index < -0.39 is 10.0 Å². The van der Waals surface area contributed by atoms with E-state index in [0.29, 0.717) is 11.4 Å². The average molecular weight is 227 g/mol. The van der Waals surface area contributed by atoms with E-state index >= 15 is 0 Å².